The standard InChI is InChI=1S/C23H28N8O12/c32-5-9(33)14(35)16(37)15(36)11-12-17(27-22(42)29-19(12)38)31(18-13(11)20(39)30-23(43)28-18)2-1-10(34)26-8(21(40)41)3-7-4-24-6-25-7/h4,6,8-9,11,14-16,32-33,35-37H,1-3,5H2,(H,24,25)(H,26,34)(H,40,41)(H2,27,29,38,42)(H2,28,30,39,43)/t8-,9-,14-,15+,16+/m0/s1. The number of rotatable bonds is 12. The second kappa shape index (κ2) is 12.5. The van der Waals surface area contributed by atoms with Gasteiger partial charge in [0.2, 0.25) is 5.91 Å². The van der Waals surface area contributed by atoms with Crippen LogP contribution in [-0.4, -0.2) is 116 Å². The van der Waals surface area contributed by atoms with Gasteiger partial charge in [0.1, 0.15) is 36.0 Å². The Kier molecular flexibility index (Phi) is 9.06. The van der Waals surface area contributed by atoms with Gasteiger partial charge in [-0.15, -0.1) is 0 Å². The van der Waals surface area contributed by atoms with Gasteiger partial charge in [0.25, 0.3) is 11.1 Å². The molecule has 4 rings (SSSR count). The van der Waals surface area contributed by atoms with Crippen LogP contribution in [0.3, 0.4) is 0 Å². The Hall–Kier alpha value is -4.89. The van der Waals surface area contributed by atoms with E-state index in [0.29, 0.717) is 5.69 Å². The summed E-state index contributed by atoms with van der Waals surface area (Å²) in [5.41, 5.74) is -5.06. The van der Waals surface area contributed by atoms with Gasteiger partial charge in [-0.25, -0.2) is 19.4 Å². The Labute approximate surface area is 237 Å². The number of nitrogens with zero attached hydrogens (tertiary/aromatic N) is 2. The molecule has 3 aromatic heterocycles. The molecule has 43 heavy (non-hydrogen) atoms. The molecule has 0 fully saturated rings. The third kappa shape index (κ3) is 6.32. The highest BCUT2D eigenvalue weighted by atomic mass is 16.4. The van der Waals surface area contributed by atoms with Crippen molar-refractivity contribution in [1.82, 2.24) is 35.2 Å². The summed E-state index contributed by atoms with van der Waals surface area (Å²) in [7, 11) is 0. The Balaban J connectivity index is 1.74. The van der Waals surface area contributed by atoms with Gasteiger partial charge in [0, 0.05) is 31.3 Å². The van der Waals surface area contributed by atoms with Crippen LogP contribution in [0.1, 0.15) is 29.2 Å². The lowest BCUT2D eigenvalue weighted by atomic mass is 9.81. The molecule has 1 amide bonds. The lowest BCUT2D eigenvalue weighted by molar-refractivity contribution is -0.141. The lowest BCUT2D eigenvalue weighted by Crippen LogP contribution is -2.52. The van der Waals surface area contributed by atoms with E-state index in [-0.39, 0.29) is 6.42 Å². The zero-order chi connectivity index (χ0) is 31.6. The molecule has 5 atom stereocenters. The van der Waals surface area contributed by atoms with Gasteiger partial charge in [0.05, 0.1) is 36.1 Å². The Bertz CT molecular complexity index is 1630. The van der Waals surface area contributed by atoms with E-state index in [2.05, 4.69) is 25.3 Å². The van der Waals surface area contributed by atoms with Crippen molar-refractivity contribution in [3.8, 4) is 0 Å². The second-order valence-corrected chi connectivity index (χ2v) is 9.68. The van der Waals surface area contributed by atoms with Crippen LogP contribution in [0.5, 0.6) is 0 Å². The molecule has 0 saturated heterocycles. The Morgan fingerprint density at radius 3 is 2.00 bits per heavy atom. The predicted molar refractivity (Wildman–Crippen MR) is 142 cm³/mol. The molecule has 0 radical (unpaired) electrons. The number of hydrogen-bond acceptors (Lipinski definition) is 13. The molecular weight excluding hydrogens is 580 g/mol. The Morgan fingerprint density at radius 1 is 0.930 bits per heavy atom. The molecule has 20 heteroatoms. The molecular formula is C23H28N8O12. The number of fused-ring (bicyclic) bond motifs is 2. The van der Waals surface area contributed by atoms with Gasteiger partial charge in [0.15, 0.2) is 0 Å². The van der Waals surface area contributed by atoms with Crippen molar-refractivity contribution < 1.29 is 40.2 Å². The average Bonchev–Trinajstić information content (AvgIpc) is 3.46. The van der Waals surface area contributed by atoms with Gasteiger partial charge in [-0.2, -0.15) is 0 Å². The third-order valence-electron chi connectivity index (χ3n) is 6.88. The van der Waals surface area contributed by atoms with Crippen molar-refractivity contribution in [2.75, 3.05) is 18.1 Å². The van der Waals surface area contributed by atoms with Crippen molar-refractivity contribution in [1.29, 1.82) is 0 Å². The van der Waals surface area contributed by atoms with E-state index >= 15 is 0 Å². The first kappa shape index (κ1) is 31.1. The number of carboxylic acids is 1. The number of amides is 1. The number of aromatic amines is 5. The van der Waals surface area contributed by atoms with E-state index in [4.69, 9.17) is 5.11 Å². The van der Waals surface area contributed by atoms with Crippen LogP contribution in [0.2, 0.25) is 0 Å². The fraction of sp³-hybridized carbons (Fsp3) is 0.435. The fourth-order valence-electron chi connectivity index (χ4n) is 4.82. The smallest absolute Gasteiger partial charge is 0.327 e. The first-order valence-corrected chi connectivity index (χ1v) is 12.7. The molecule has 1 aliphatic heterocycles. The largest absolute Gasteiger partial charge is 0.480 e. The van der Waals surface area contributed by atoms with Crippen LogP contribution in [-0.2, 0) is 16.0 Å². The van der Waals surface area contributed by atoms with Crippen LogP contribution in [0.4, 0.5) is 11.6 Å². The van der Waals surface area contributed by atoms with Crippen LogP contribution in [0.25, 0.3) is 0 Å². The van der Waals surface area contributed by atoms with Crippen LogP contribution >= 0.6 is 0 Å². The molecule has 12 N–H and O–H groups in total. The second-order valence-electron chi connectivity index (χ2n) is 9.68. The molecule has 0 aliphatic carbocycles. The molecule has 4 heterocycles. The Morgan fingerprint density at radius 2 is 1.51 bits per heavy atom. The van der Waals surface area contributed by atoms with Crippen molar-refractivity contribution in [3.05, 3.63) is 71.0 Å². The van der Waals surface area contributed by atoms with E-state index in [1.807, 2.05) is 9.97 Å². The third-order valence-corrected chi connectivity index (χ3v) is 6.88. The van der Waals surface area contributed by atoms with Crippen molar-refractivity contribution in [2.45, 2.75) is 49.2 Å². The zero-order valence-electron chi connectivity index (χ0n) is 22.0. The quantitative estimate of drug-likeness (QED) is 0.0912. The van der Waals surface area contributed by atoms with Gasteiger partial charge in [-0.05, 0) is 0 Å². The monoisotopic (exact) mass is 608 g/mol. The summed E-state index contributed by atoms with van der Waals surface area (Å²) in [4.78, 5) is 91.1. The summed E-state index contributed by atoms with van der Waals surface area (Å²) in [5.74, 6) is -4.81. The minimum Gasteiger partial charge on any atom is -0.480 e. The summed E-state index contributed by atoms with van der Waals surface area (Å²) >= 11 is 0. The highest BCUT2D eigenvalue weighted by molar-refractivity contribution is 5.84. The summed E-state index contributed by atoms with van der Waals surface area (Å²) in [6.45, 7) is -1.48. The molecule has 0 unspecified atom stereocenters. The van der Waals surface area contributed by atoms with E-state index in [9.17, 15) is 54.3 Å². The van der Waals surface area contributed by atoms with Crippen molar-refractivity contribution in [2.24, 2.45) is 0 Å². The van der Waals surface area contributed by atoms with E-state index in [0.717, 1.165) is 4.90 Å². The maximum atomic E-state index is 13.0. The summed E-state index contributed by atoms with van der Waals surface area (Å²) in [6, 6.07) is -1.37. The van der Waals surface area contributed by atoms with E-state index in [1.54, 1.807) is 0 Å². The van der Waals surface area contributed by atoms with Crippen LogP contribution in [0.15, 0.2) is 31.7 Å². The van der Waals surface area contributed by atoms with Gasteiger partial charge in [-0.3, -0.25) is 34.3 Å². The van der Waals surface area contributed by atoms with Gasteiger partial charge < -0.3 is 45.8 Å². The van der Waals surface area contributed by atoms with Crippen molar-refractivity contribution >= 4 is 23.5 Å². The number of imidazole rings is 1. The number of aliphatic carboxylic acids is 1. The first-order valence-electron chi connectivity index (χ1n) is 12.7. The first-order chi connectivity index (χ1) is 20.3. The number of aliphatic hydroxyl groups excluding tert-OH is 5. The number of aromatic nitrogens is 6. The summed E-state index contributed by atoms with van der Waals surface area (Å²) < 4.78 is 0. The van der Waals surface area contributed by atoms with Gasteiger partial charge >= 0.3 is 17.3 Å². The number of carbonyl (C=O) groups is 2. The number of carboxylic acid groups (broad SMARTS) is 1. The predicted octanol–water partition coefficient (Wildman–Crippen LogP) is -5.62. The SMILES string of the molecule is O=C(CCN1c2[nH]c(=O)[nH]c(=O)c2C([C@@H](O)[C@H](O)[C@@H](O)[C@@H](O)CO)c2c1[nH]c(=O)[nH]c2=O)N[C@@H](Cc1cnc[nH]1)C(=O)O. The number of carbonyl (C=O) groups excluding carboxylic acids is 1. The molecule has 1 aliphatic rings. The lowest BCUT2D eigenvalue weighted by Gasteiger charge is -2.38. The molecule has 3 aromatic rings. The summed E-state index contributed by atoms with van der Waals surface area (Å²) in [6.07, 6.45) is -6.56. The van der Waals surface area contributed by atoms with E-state index < -0.39 is 113 Å². The minimum atomic E-state index is -2.27. The maximum absolute atomic E-state index is 13.0. The average molecular weight is 609 g/mol. The molecule has 20 nitrogen and oxygen atoms in total. The number of hydrogen-bond donors (Lipinski definition) is 12. The van der Waals surface area contributed by atoms with Crippen LogP contribution in [0, 0.1) is 0 Å². The molecule has 232 valence electrons. The van der Waals surface area contributed by atoms with Crippen molar-refractivity contribution in [3.63, 3.8) is 0 Å². The number of H-pyrrole nitrogens is 5. The number of nitrogens with one attached hydrogen (secondary N) is 6. The number of aliphatic hydroxyl groups is 5. The highest BCUT2D eigenvalue weighted by Gasteiger charge is 2.45. The molecule has 0 saturated carbocycles. The normalized spacial score (nSPS) is 16.4. The summed E-state index contributed by atoms with van der Waals surface area (Å²) in [5, 5.41) is 62.6. The highest BCUT2D eigenvalue weighted by Crippen LogP contribution is 2.42. The van der Waals surface area contributed by atoms with E-state index in [1.165, 1.54) is 12.5 Å². The minimum absolute atomic E-state index is 0.138. The van der Waals surface area contributed by atoms with Gasteiger partial charge in [-0.1, -0.05) is 0 Å². The molecule has 0 bridgehead atoms. The maximum Gasteiger partial charge on any atom is 0.327 e. The fourth-order valence-corrected chi connectivity index (χ4v) is 4.82. The number of anilines is 2. The topological polar surface area (TPSA) is 331 Å². The molecule has 0 spiro atoms. The van der Waals surface area contributed by atoms with Crippen LogP contribution < -0.4 is 32.7 Å². The zero-order valence-corrected chi connectivity index (χ0v) is 22.0. The molecule has 0 aromatic carbocycles.